The molecule has 2 unspecified atom stereocenters. The number of methoxy groups -OCH3 is 1. The number of hydrogen-bond acceptors (Lipinski definition) is 7. The molecule has 0 aliphatic heterocycles. The Bertz CT molecular complexity index is 2010. The van der Waals surface area contributed by atoms with Crippen LogP contribution in [-0.4, -0.2) is 58.6 Å². The molecular weight excluding hydrogens is 733 g/mol. The van der Waals surface area contributed by atoms with Crippen LogP contribution in [0.1, 0.15) is 63.8 Å². The summed E-state index contributed by atoms with van der Waals surface area (Å²) in [4.78, 5) is 59.4. The van der Waals surface area contributed by atoms with Crippen LogP contribution in [-0.2, 0) is 38.6 Å². The van der Waals surface area contributed by atoms with Crippen molar-refractivity contribution in [3.05, 3.63) is 87.5 Å². The third kappa shape index (κ3) is 9.05. The van der Waals surface area contributed by atoms with E-state index in [0.717, 1.165) is 16.8 Å². The van der Waals surface area contributed by atoms with Crippen LogP contribution in [0.4, 0.5) is 10.5 Å². The van der Waals surface area contributed by atoms with Crippen LogP contribution in [0, 0.1) is 11.8 Å². The first-order valence-corrected chi connectivity index (χ1v) is 18.8. The monoisotopic (exact) mass is 779 g/mol. The normalized spacial score (nSPS) is 17.3. The number of aromatic nitrogens is 1. The number of aromatic amines is 1. The van der Waals surface area contributed by atoms with Gasteiger partial charge in [-0.25, -0.2) is 4.79 Å². The molecule has 14 heteroatoms. The fraction of sp³-hybridized carbons (Fsp3) is 0.400. The molecular formula is C40H47Cl2N5O7. The van der Waals surface area contributed by atoms with Crippen molar-refractivity contribution < 1.29 is 33.8 Å². The maximum absolute atomic E-state index is 14.8. The number of aromatic hydroxyl groups is 1. The predicted octanol–water partition coefficient (Wildman–Crippen LogP) is 7.04. The summed E-state index contributed by atoms with van der Waals surface area (Å²) < 4.78 is 10.7. The second-order valence-electron chi connectivity index (χ2n) is 13.9. The second kappa shape index (κ2) is 17.5. The van der Waals surface area contributed by atoms with Crippen molar-refractivity contribution in [1.82, 2.24) is 20.9 Å². The third-order valence-electron chi connectivity index (χ3n) is 10.3. The molecule has 1 heterocycles. The number of carbonyl (C=O) groups excluding carboxylic acids is 4. The summed E-state index contributed by atoms with van der Waals surface area (Å²) in [6, 6.07) is 14.9. The maximum atomic E-state index is 14.8. The van der Waals surface area contributed by atoms with Gasteiger partial charge in [0.1, 0.15) is 24.2 Å². The number of halogens is 2. The molecule has 4 aromatic rings. The Morgan fingerprint density at radius 1 is 0.926 bits per heavy atom. The van der Waals surface area contributed by atoms with Gasteiger partial charge in [-0.2, -0.15) is 0 Å². The van der Waals surface area contributed by atoms with Crippen LogP contribution >= 0.6 is 23.2 Å². The number of rotatable bonds is 14. The van der Waals surface area contributed by atoms with Crippen molar-refractivity contribution in [2.45, 2.75) is 84.0 Å². The number of phenolic OH excluding ortho intramolecular Hbond substituents is 1. The molecule has 4 amide bonds. The highest BCUT2D eigenvalue weighted by atomic mass is 35.5. The van der Waals surface area contributed by atoms with Crippen molar-refractivity contribution in [3.63, 3.8) is 0 Å². The Morgan fingerprint density at radius 2 is 1.61 bits per heavy atom. The standard InChI is InChI=1S/C40H47Cl2N5O7/c1-6-22(3)33(36(49)43-26-13-14-31(48)32(19-26)53-5)45-38(51)40(16-15-30-28(20-40)27-17-25(41)18-29(42)35(27)44-30)47-37(50)34(23(4)7-2)46-39(52)54-21-24-11-9-8-10-12-24/h8-14,17-19,22-23,33-34,44,48H,6-7,15-16,20-21H2,1-5H3,(H,43,49)(H,45,51)(H,46,52)(H,47,50)/t22-,23?,33-,34?,40-/m0/s1. The van der Waals surface area contributed by atoms with Gasteiger partial charge in [-0.1, -0.05) is 94.1 Å². The predicted molar refractivity (Wildman–Crippen MR) is 209 cm³/mol. The minimum Gasteiger partial charge on any atom is -0.504 e. The number of alkyl carbamates (subject to hydrolysis) is 1. The van der Waals surface area contributed by atoms with Crippen molar-refractivity contribution in [1.29, 1.82) is 0 Å². The number of H-pyrrole nitrogens is 1. The van der Waals surface area contributed by atoms with E-state index in [1.165, 1.54) is 25.3 Å². The number of benzene rings is 3. The highest BCUT2D eigenvalue weighted by molar-refractivity contribution is 6.38. The van der Waals surface area contributed by atoms with E-state index in [0.29, 0.717) is 45.9 Å². The van der Waals surface area contributed by atoms with Gasteiger partial charge in [0.15, 0.2) is 11.5 Å². The van der Waals surface area contributed by atoms with Crippen LogP contribution in [0.5, 0.6) is 11.5 Å². The number of hydrogen-bond donors (Lipinski definition) is 6. The molecule has 5 rings (SSSR count). The zero-order valence-corrected chi connectivity index (χ0v) is 32.5. The number of anilines is 1. The van der Waals surface area contributed by atoms with E-state index in [-0.39, 0.29) is 42.8 Å². The molecule has 1 aromatic heterocycles. The van der Waals surface area contributed by atoms with Gasteiger partial charge in [0.2, 0.25) is 17.7 Å². The molecule has 0 bridgehead atoms. The topological polar surface area (TPSA) is 171 Å². The minimum atomic E-state index is -1.55. The van der Waals surface area contributed by atoms with E-state index >= 15 is 0 Å². The molecule has 288 valence electrons. The second-order valence-corrected chi connectivity index (χ2v) is 14.8. The quantitative estimate of drug-likeness (QED) is 0.0746. The Hall–Kier alpha value is -4.94. The van der Waals surface area contributed by atoms with E-state index in [4.69, 9.17) is 32.7 Å². The molecule has 6 N–H and O–H groups in total. The lowest BCUT2D eigenvalue weighted by Gasteiger charge is -2.39. The van der Waals surface area contributed by atoms with Gasteiger partial charge >= 0.3 is 6.09 Å². The fourth-order valence-electron chi connectivity index (χ4n) is 6.69. The van der Waals surface area contributed by atoms with Crippen molar-refractivity contribution in [2.24, 2.45) is 11.8 Å². The lowest BCUT2D eigenvalue weighted by molar-refractivity contribution is -0.137. The molecule has 54 heavy (non-hydrogen) atoms. The van der Waals surface area contributed by atoms with Crippen LogP contribution in [0.15, 0.2) is 60.7 Å². The Balaban J connectivity index is 1.47. The Morgan fingerprint density at radius 3 is 2.28 bits per heavy atom. The maximum Gasteiger partial charge on any atom is 0.408 e. The van der Waals surface area contributed by atoms with E-state index < -0.39 is 41.4 Å². The summed E-state index contributed by atoms with van der Waals surface area (Å²) in [6.07, 6.45) is 0.893. The number of fused-ring (bicyclic) bond motifs is 3. The molecule has 3 aromatic carbocycles. The van der Waals surface area contributed by atoms with E-state index in [1.807, 2.05) is 58.0 Å². The van der Waals surface area contributed by atoms with E-state index in [2.05, 4.69) is 26.3 Å². The molecule has 1 aliphatic carbocycles. The average Bonchev–Trinajstić information content (AvgIpc) is 3.53. The SMILES string of the molecule is CCC(C)C(NC(=O)OCc1ccccc1)C(=O)N[C@@]1(C(=O)N[C@H](C(=O)Nc2ccc(O)c(OC)c2)[C@@H](C)CC)CCc2[nH]c3c(Cl)cc(Cl)cc3c2C1. The van der Waals surface area contributed by atoms with Crippen LogP contribution < -0.4 is 26.0 Å². The first-order chi connectivity index (χ1) is 25.8. The smallest absolute Gasteiger partial charge is 0.408 e. The number of phenols is 1. The molecule has 1 aliphatic rings. The zero-order chi connectivity index (χ0) is 39.2. The zero-order valence-electron chi connectivity index (χ0n) is 31.0. The van der Waals surface area contributed by atoms with Crippen LogP contribution in [0.2, 0.25) is 10.0 Å². The van der Waals surface area contributed by atoms with Gasteiger partial charge in [-0.05, 0) is 60.1 Å². The van der Waals surface area contributed by atoms with Gasteiger partial charge in [0, 0.05) is 34.3 Å². The summed E-state index contributed by atoms with van der Waals surface area (Å²) >= 11 is 13.0. The summed E-state index contributed by atoms with van der Waals surface area (Å²) in [5.41, 5.74) is 1.86. The highest BCUT2D eigenvalue weighted by Gasteiger charge is 2.47. The molecule has 0 saturated heterocycles. The van der Waals surface area contributed by atoms with Gasteiger partial charge in [0.25, 0.3) is 0 Å². The summed E-state index contributed by atoms with van der Waals surface area (Å²) in [5, 5.41) is 23.2. The molecule has 0 fully saturated rings. The van der Waals surface area contributed by atoms with Crippen LogP contribution in [0.3, 0.4) is 0 Å². The lowest BCUT2D eigenvalue weighted by Crippen LogP contribution is -2.67. The molecule has 0 spiro atoms. The van der Waals surface area contributed by atoms with Crippen LogP contribution in [0.25, 0.3) is 10.9 Å². The van der Waals surface area contributed by atoms with E-state index in [1.54, 1.807) is 12.1 Å². The summed E-state index contributed by atoms with van der Waals surface area (Å²) in [6.45, 7) is 7.50. The number of nitrogens with one attached hydrogen (secondary N) is 5. The first-order valence-electron chi connectivity index (χ1n) is 18.1. The van der Waals surface area contributed by atoms with Gasteiger partial charge < -0.3 is 40.8 Å². The van der Waals surface area contributed by atoms with Gasteiger partial charge in [0.05, 0.1) is 17.6 Å². The molecule has 5 atom stereocenters. The van der Waals surface area contributed by atoms with E-state index in [9.17, 15) is 24.3 Å². The minimum absolute atomic E-state index is 0.0122. The van der Waals surface area contributed by atoms with Crippen molar-refractivity contribution in [3.8, 4) is 11.5 Å². The van der Waals surface area contributed by atoms with Gasteiger partial charge in [-0.3, -0.25) is 14.4 Å². The average molecular weight is 781 g/mol. The van der Waals surface area contributed by atoms with Gasteiger partial charge in [-0.15, -0.1) is 0 Å². The summed E-state index contributed by atoms with van der Waals surface area (Å²) in [7, 11) is 1.40. The number of aryl methyl sites for hydroxylation is 1. The lowest BCUT2D eigenvalue weighted by atomic mass is 9.78. The third-order valence-corrected chi connectivity index (χ3v) is 10.8. The molecule has 0 saturated carbocycles. The molecule has 0 radical (unpaired) electrons. The van der Waals surface area contributed by atoms with Crippen molar-refractivity contribution >= 4 is 63.6 Å². The Labute approximate surface area is 324 Å². The number of amides is 4. The highest BCUT2D eigenvalue weighted by Crippen LogP contribution is 2.38. The molecule has 12 nitrogen and oxygen atoms in total. The van der Waals surface area contributed by atoms with Crippen molar-refractivity contribution in [2.75, 3.05) is 12.4 Å². The summed E-state index contributed by atoms with van der Waals surface area (Å²) in [5.74, 6) is -2.21. The first kappa shape index (κ1) is 40.2. The fourth-order valence-corrected chi connectivity index (χ4v) is 7.23. The Kier molecular flexibility index (Phi) is 13.0. The number of carbonyl (C=O) groups is 4. The largest absolute Gasteiger partial charge is 0.504 e. The number of ether oxygens (including phenoxy) is 2.